The summed E-state index contributed by atoms with van der Waals surface area (Å²) in [6.45, 7) is -0.0131. The molecule has 0 aliphatic rings. The van der Waals surface area contributed by atoms with E-state index >= 15 is 0 Å². The first-order chi connectivity index (χ1) is 5.24. The fourth-order valence-corrected chi connectivity index (χ4v) is 0.537. The van der Waals surface area contributed by atoms with Gasteiger partial charge in [-0.05, 0) is 4.92 Å². The van der Waals surface area contributed by atoms with Crippen molar-refractivity contribution in [2.24, 2.45) is 0 Å². The van der Waals surface area contributed by atoms with Crippen molar-refractivity contribution in [2.45, 2.75) is 6.54 Å². The standard InChI is InChI=1S/C4H4N4O3/c9-2-1-7-3-4(5-6-7)8(10)11/h2-3H,1H2. The second-order valence-electron chi connectivity index (χ2n) is 1.72. The van der Waals surface area contributed by atoms with Crippen molar-refractivity contribution in [2.75, 3.05) is 0 Å². The van der Waals surface area contributed by atoms with Crippen LogP contribution in [0.5, 0.6) is 0 Å². The predicted octanol–water partition coefficient (Wildman–Crippen LogP) is -0.615. The number of carbonyl (C=O) groups excluding carboxylic acids is 1. The number of nitro groups is 1. The summed E-state index contributed by atoms with van der Waals surface area (Å²) in [5.41, 5.74) is 0. The molecular weight excluding hydrogens is 152 g/mol. The monoisotopic (exact) mass is 156 g/mol. The number of hydrogen-bond donors (Lipinski definition) is 0. The van der Waals surface area contributed by atoms with Gasteiger partial charge in [-0.2, -0.15) is 0 Å². The van der Waals surface area contributed by atoms with E-state index < -0.39 is 4.92 Å². The molecule has 0 saturated heterocycles. The minimum atomic E-state index is -0.672. The lowest BCUT2D eigenvalue weighted by Gasteiger charge is -1.84. The molecule has 0 N–H and O–H groups in total. The zero-order valence-corrected chi connectivity index (χ0v) is 5.38. The van der Waals surface area contributed by atoms with Crippen molar-refractivity contribution >= 4 is 12.1 Å². The molecule has 1 rings (SSSR count). The normalized spacial score (nSPS) is 9.45. The van der Waals surface area contributed by atoms with Gasteiger partial charge >= 0.3 is 5.82 Å². The SMILES string of the molecule is O=CCn1cc([N+](=O)[O-])nn1. The zero-order chi connectivity index (χ0) is 8.27. The molecule has 7 nitrogen and oxygen atoms in total. The van der Waals surface area contributed by atoms with E-state index in [1.54, 1.807) is 0 Å². The quantitative estimate of drug-likeness (QED) is 0.330. The molecule has 7 heteroatoms. The van der Waals surface area contributed by atoms with Crippen LogP contribution in [-0.2, 0) is 11.3 Å². The Balaban J connectivity index is 2.81. The Bertz CT molecular complexity index is 281. The third-order valence-corrected chi connectivity index (χ3v) is 0.975. The molecule has 1 aromatic heterocycles. The highest BCUT2D eigenvalue weighted by Crippen LogP contribution is 2.01. The van der Waals surface area contributed by atoms with E-state index in [2.05, 4.69) is 10.3 Å². The summed E-state index contributed by atoms with van der Waals surface area (Å²) in [5, 5.41) is 16.5. The fourth-order valence-electron chi connectivity index (χ4n) is 0.537. The number of nitrogens with zero attached hydrogens (tertiary/aromatic N) is 4. The van der Waals surface area contributed by atoms with Crippen LogP contribution in [0, 0.1) is 10.1 Å². The minimum absolute atomic E-state index is 0.0131. The van der Waals surface area contributed by atoms with E-state index in [-0.39, 0.29) is 12.4 Å². The van der Waals surface area contributed by atoms with Gasteiger partial charge in [0.1, 0.15) is 24.1 Å². The molecule has 0 fully saturated rings. The van der Waals surface area contributed by atoms with Gasteiger partial charge in [-0.25, -0.2) is 4.68 Å². The third-order valence-electron chi connectivity index (χ3n) is 0.975. The number of carbonyl (C=O) groups is 1. The number of hydrogen-bond acceptors (Lipinski definition) is 5. The molecule has 0 unspecified atom stereocenters. The Hall–Kier alpha value is -1.79. The van der Waals surface area contributed by atoms with Crippen molar-refractivity contribution < 1.29 is 9.72 Å². The Morgan fingerprint density at radius 2 is 2.55 bits per heavy atom. The van der Waals surface area contributed by atoms with Gasteiger partial charge in [-0.1, -0.05) is 0 Å². The Kier molecular flexibility index (Phi) is 1.90. The molecule has 11 heavy (non-hydrogen) atoms. The minimum Gasteiger partial charge on any atom is -0.358 e. The summed E-state index contributed by atoms with van der Waals surface area (Å²) in [7, 11) is 0. The van der Waals surface area contributed by atoms with Crippen LogP contribution in [0.3, 0.4) is 0 Å². The average Bonchev–Trinajstić information content (AvgIpc) is 2.37. The fraction of sp³-hybridized carbons (Fsp3) is 0.250. The number of rotatable bonds is 3. The lowest BCUT2D eigenvalue weighted by molar-refractivity contribution is -0.389. The summed E-state index contributed by atoms with van der Waals surface area (Å²) in [5.74, 6) is -0.355. The third kappa shape index (κ3) is 1.57. The maximum absolute atomic E-state index is 10.0. The molecule has 58 valence electrons. The summed E-state index contributed by atoms with van der Waals surface area (Å²) in [6, 6.07) is 0. The summed E-state index contributed by atoms with van der Waals surface area (Å²) in [4.78, 5) is 19.2. The van der Waals surface area contributed by atoms with Gasteiger partial charge in [0.25, 0.3) is 0 Å². The smallest absolute Gasteiger partial charge is 0.358 e. The molecule has 0 bridgehead atoms. The van der Waals surface area contributed by atoms with Crippen LogP contribution in [0.2, 0.25) is 0 Å². The van der Waals surface area contributed by atoms with Gasteiger partial charge in [-0.3, -0.25) is 0 Å². The Labute approximate surface area is 60.8 Å². The zero-order valence-electron chi connectivity index (χ0n) is 5.38. The van der Waals surface area contributed by atoms with Gasteiger partial charge < -0.3 is 14.9 Å². The average molecular weight is 156 g/mol. The van der Waals surface area contributed by atoms with E-state index in [0.29, 0.717) is 6.29 Å². The van der Waals surface area contributed by atoms with Crippen molar-refractivity contribution in [3.05, 3.63) is 16.3 Å². The van der Waals surface area contributed by atoms with E-state index in [1.165, 1.54) is 0 Å². The van der Waals surface area contributed by atoms with E-state index in [4.69, 9.17) is 0 Å². The lowest BCUT2D eigenvalue weighted by atomic mass is 10.7. The molecule has 0 atom stereocenters. The molecule has 1 heterocycles. The van der Waals surface area contributed by atoms with Crippen molar-refractivity contribution in [3.8, 4) is 0 Å². The molecule has 0 spiro atoms. The summed E-state index contributed by atoms with van der Waals surface area (Å²) < 4.78 is 1.09. The molecular formula is C4H4N4O3. The van der Waals surface area contributed by atoms with Gasteiger partial charge in [-0.15, -0.1) is 0 Å². The van der Waals surface area contributed by atoms with Gasteiger partial charge in [0.2, 0.25) is 0 Å². The molecule has 0 radical (unpaired) electrons. The second kappa shape index (κ2) is 2.86. The summed E-state index contributed by atoms with van der Waals surface area (Å²) in [6.07, 6.45) is 1.67. The van der Waals surface area contributed by atoms with Gasteiger partial charge in [0.05, 0.1) is 5.21 Å². The number of aldehydes is 1. The van der Waals surface area contributed by atoms with Crippen LogP contribution in [0.4, 0.5) is 5.82 Å². The van der Waals surface area contributed by atoms with Crippen LogP contribution in [-0.4, -0.2) is 26.2 Å². The van der Waals surface area contributed by atoms with E-state index in [0.717, 1.165) is 10.9 Å². The van der Waals surface area contributed by atoms with Crippen molar-refractivity contribution in [3.63, 3.8) is 0 Å². The van der Waals surface area contributed by atoms with Gasteiger partial charge in [0.15, 0.2) is 0 Å². The highest BCUT2D eigenvalue weighted by molar-refractivity contribution is 5.48. The van der Waals surface area contributed by atoms with E-state index in [1.807, 2.05) is 0 Å². The Morgan fingerprint density at radius 3 is 3.00 bits per heavy atom. The molecule has 0 aliphatic heterocycles. The van der Waals surface area contributed by atoms with Crippen LogP contribution in [0.15, 0.2) is 6.20 Å². The number of aromatic nitrogens is 3. The first kappa shape index (κ1) is 7.32. The maximum Gasteiger partial charge on any atom is 0.410 e. The first-order valence-corrected chi connectivity index (χ1v) is 2.72. The van der Waals surface area contributed by atoms with Crippen LogP contribution in [0.1, 0.15) is 0 Å². The first-order valence-electron chi connectivity index (χ1n) is 2.72. The highest BCUT2D eigenvalue weighted by Gasteiger charge is 2.10. The molecule has 0 aliphatic carbocycles. The Morgan fingerprint density at radius 1 is 1.82 bits per heavy atom. The highest BCUT2D eigenvalue weighted by atomic mass is 16.6. The maximum atomic E-state index is 10.0. The topological polar surface area (TPSA) is 90.9 Å². The molecule has 0 amide bonds. The second-order valence-corrected chi connectivity index (χ2v) is 1.72. The van der Waals surface area contributed by atoms with Crippen molar-refractivity contribution in [1.82, 2.24) is 15.0 Å². The molecule has 0 aromatic carbocycles. The molecule has 0 saturated carbocycles. The largest absolute Gasteiger partial charge is 0.410 e. The van der Waals surface area contributed by atoms with E-state index in [9.17, 15) is 14.9 Å². The predicted molar refractivity (Wildman–Crippen MR) is 32.7 cm³/mol. The lowest BCUT2D eigenvalue weighted by Crippen LogP contribution is -1.98. The van der Waals surface area contributed by atoms with Gasteiger partial charge in [0, 0.05) is 0 Å². The van der Waals surface area contributed by atoms with Crippen LogP contribution in [0.25, 0.3) is 0 Å². The van der Waals surface area contributed by atoms with Crippen LogP contribution >= 0.6 is 0 Å². The summed E-state index contributed by atoms with van der Waals surface area (Å²) >= 11 is 0. The van der Waals surface area contributed by atoms with Crippen LogP contribution < -0.4 is 0 Å². The molecule has 1 aromatic rings. The van der Waals surface area contributed by atoms with Crippen molar-refractivity contribution in [1.29, 1.82) is 0 Å².